The van der Waals surface area contributed by atoms with Crippen molar-refractivity contribution in [3.05, 3.63) is 12.4 Å². The normalized spacial score (nSPS) is 22.8. The number of unbranched alkanes of at least 4 members (excludes halogenated alkanes) is 1. The van der Waals surface area contributed by atoms with E-state index in [1.807, 2.05) is 10.8 Å². The summed E-state index contributed by atoms with van der Waals surface area (Å²) in [6, 6.07) is 0.0478. The molecule has 0 aromatic carbocycles. The van der Waals surface area contributed by atoms with Gasteiger partial charge in [0.05, 0.1) is 17.5 Å². The summed E-state index contributed by atoms with van der Waals surface area (Å²) in [5, 5.41) is 3.26. The third kappa shape index (κ3) is 3.00. The van der Waals surface area contributed by atoms with E-state index < -0.39 is 9.84 Å². The molecule has 0 spiro atoms. The lowest BCUT2D eigenvalue weighted by molar-refractivity contribution is 0.559. The van der Waals surface area contributed by atoms with E-state index in [-0.39, 0.29) is 11.8 Å². The molecule has 0 amide bonds. The largest absolute Gasteiger partial charge is 0.356 e. The molecule has 1 saturated heterocycles. The first-order valence-electron chi connectivity index (χ1n) is 6.09. The zero-order chi connectivity index (χ0) is 12.3. The Morgan fingerprint density at radius 1 is 1.59 bits per heavy atom. The predicted molar refractivity (Wildman–Crippen MR) is 67.9 cm³/mol. The topological polar surface area (TPSA) is 64.0 Å². The molecule has 1 N–H and O–H groups in total. The second-order valence-electron chi connectivity index (χ2n) is 4.50. The molecule has 1 atom stereocenters. The van der Waals surface area contributed by atoms with Gasteiger partial charge in [0.2, 0.25) is 5.95 Å². The van der Waals surface area contributed by atoms with Gasteiger partial charge in [-0.25, -0.2) is 13.4 Å². The third-order valence-electron chi connectivity index (χ3n) is 3.08. The summed E-state index contributed by atoms with van der Waals surface area (Å²) >= 11 is 0. The van der Waals surface area contributed by atoms with E-state index in [1.165, 1.54) is 0 Å². The van der Waals surface area contributed by atoms with Crippen molar-refractivity contribution in [1.82, 2.24) is 9.55 Å². The highest BCUT2D eigenvalue weighted by atomic mass is 32.2. The molecule has 17 heavy (non-hydrogen) atoms. The second kappa shape index (κ2) is 5.08. The number of hydrogen-bond donors (Lipinski definition) is 1. The molecule has 6 heteroatoms. The van der Waals surface area contributed by atoms with E-state index in [2.05, 4.69) is 17.2 Å². The van der Waals surface area contributed by atoms with E-state index in [4.69, 9.17) is 0 Å². The summed E-state index contributed by atoms with van der Waals surface area (Å²) in [4.78, 5) is 4.24. The summed E-state index contributed by atoms with van der Waals surface area (Å²) in [6.07, 6.45) is 6.50. The molecule has 1 fully saturated rings. The van der Waals surface area contributed by atoms with Crippen LogP contribution in [0.2, 0.25) is 0 Å². The van der Waals surface area contributed by atoms with E-state index in [1.54, 1.807) is 6.20 Å². The number of aromatic nitrogens is 2. The van der Waals surface area contributed by atoms with Gasteiger partial charge in [0.15, 0.2) is 9.84 Å². The molecule has 1 aliphatic heterocycles. The number of nitrogens with zero attached hydrogens (tertiary/aromatic N) is 2. The summed E-state index contributed by atoms with van der Waals surface area (Å²) < 4.78 is 24.9. The van der Waals surface area contributed by atoms with Crippen molar-refractivity contribution in [2.75, 3.05) is 23.4 Å². The van der Waals surface area contributed by atoms with Gasteiger partial charge in [-0.2, -0.15) is 0 Å². The van der Waals surface area contributed by atoms with Gasteiger partial charge in [0.1, 0.15) is 0 Å². The Balaban J connectivity index is 2.04. The number of anilines is 1. The fraction of sp³-hybridized carbons (Fsp3) is 0.727. The summed E-state index contributed by atoms with van der Waals surface area (Å²) in [5.74, 6) is 1.33. The van der Waals surface area contributed by atoms with Crippen molar-refractivity contribution in [1.29, 1.82) is 0 Å². The van der Waals surface area contributed by atoms with Crippen molar-refractivity contribution >= 4 is 15.8 Å². The van der Waals surface area contributed by atoms with Crippen molar-refractivity contribution in [2.24, 2.45) is 0 Å². The maximum absolute atomic E-state index is 11.5. The van der Waals surface area contributed by atoms with Crippen LogP contribution in [0, 0.1) is 0 Å². The highest BCUT2D eigenvalue weighted by molar-refractivity contribution is 7.91. The number of sulfone groups is 1. The van der Waals surface area contributed by atoms with Crippen LogP contribution in [0.15, 0.2) is 12.4 Å². The molecule has 96 valence electrons. The average molecular weight is 257 g/mol. The molecule has 5 nitrogen and oxygen atoms in total. The fourth-order valence-corrected chi connectivity index (χ4v) is 3.83. The fourth-order valence-electron chi connectivity index (χ4n) is 2.12. The van der Waals surface area contributed by atoms with Crippen LogP contribution in [-0.2, 0) is 9.84 Å². The highest BCUT2D eigenvalue weighted by Gasteiger charge is 2.30. The van der Waals surface area contributed by atoms with Gasteiger partial charge in [0, 0.05) is 18.9 Å². The SMILES string of the molecule is CCCCNc1nccn1C1CCS(=O)(=O)C1. The summed E-state index contributed by atoms with van der Waals surface area (Å²) in [5.41, 5.74) is 0. The average Bonchev–Trinajstić information content (AvgIpc) is 2.85. The Labute approximate surface area is 102 Å². The minimum atomic E-state index is -2.84. The van der Waals surface area contributed by atoms with Gasteiger partial charge in [-0.05, 0) is 12.8 Å². The smallest absolute Gasteiger partial charge is 0.203 e. The number of hydrogen-bond acceptors (Lipinski definition) is 4. The van der Waals surface area contributed by atoms with Crippen molar-refractivity contribution in [2.45, 2.75) is 32.2 Å². The van der Waals surface area contributed by atoms with Crippen molar-refractivity contribution in [3.63, 3.8) is 0 Å². The lowest BCUT2D eigenvalue weighted by Gasteiger charge is -2.14. The van der Waals surface area contributed by atoms with Crippen LogP contribution in [0.25, 0.3) is 0 Å². The van der Waals surface area contributed by atoms with E-state index in [0.717, 1.165) is 25.3 Å². The molecule has 1 aromatic heterocycles. The predicted octanol–water partition coefficient (Wildman–Crippen LogP) is 1.45. The molecule has 2 heterocycles. The van der Waals surface area contributed by atoms with Crippen LogP contribution in [0.4, 0.5) is 5.95 Å². The minimum absolute atomic E-state index is 0.0478. The first-order valence-corrected chi connectivity index (χ1v) is 7.91. The number of nitrogens with one attached hydrogen (secondary N) is 1. The van der Waals surface area contributed by atoms with Crippen LogP contribution < -0.4 is 5.32 Å². The van der Waals surface area contributed by atoms with Crippen molar-refractivity contribution in [3.8, 4) is 0 Å². The standard InChI is InChI=1S/C11H19N3O2S/c1-2-3-5-12-11-13-6-7-14(11)10-4-8-17(15,16)9-10/h6-7,10H,2-5,8-9H2,1H3,(H,12,13). The molecule has 2 rings (SSSR count). The van der Waals surface area contributed by atoms with E-state index >= 15 is 0 Å². The molecule has 0 aliphatic carbocycles. The highest BCUT2D eigenvalue weighted by Crippen LogP contribution is 2.26. The third-order valence-corrected chi connectivity index (χ3v) is 4.83. The van der Waals surface area contributed by atoms with E-state index in [9.17, 15) is 8.42 Å². The molecule has 0 saturated carbocycles. The first kappa shape index (κ1) is 12.4. The molecular weight excluding hydrogens is 238 g/mol. The molecule has 0 bridgehead atoms. The second-order valence-corrected chi connectivity index (χ2v) is 6.72. The Hall–Kier alpha value is -1.04. The Morgan fingerprint density at radius 2 is 2.41 bits per heavy atom. The lowest BCUT2D eigenvalue weighted by Crippen LogP contribution is -2.14. The summed E-state index contributed by atoms with van der Waals surface area (Å²) in [7, 11) is -2.84. The van der Waals surface area contributed by atoms with Crippen molar-refractivity contribution < 1.29 is 8.42 Å². The maximum Gasteiger partial charge on any atom is 0.203 e. The molecule has 1 aliphatic rings. The van der Waals surface area contributed by atoms with E-state index in [0.29, 0.717) is 12.2 Å². The molecule has 1 aromatic rings. The Morgan fingerprint density at radius 3 is 3.06 bits per heavy atom. The van der Waals surface area contributed by atoms with Gasteiger partial charge in [-0.15, -0.1) is 0 Å². The van der Waals surface area contributed by atoms with Crippen LogP contribution in [-0.4, -0.2) is 36.0 Å². The Bertz CT molecular complexity index is 467. The first-order chi connectivity index (χ1) is 8.12. The molecule has 0 radical (unpaired) electrons. The monoisotopic (exact) mass is 257 g/mol. The molecular formula is C11H19N3O2S. The Kier molecular flexibility index (Phi) is 3.71. The number of imidazole rings is 1. The van der Waals surface area contributed by atoms with Gasteiger partial charge < -0.3 is 9.88 Å². The van der Waals surface area contributed by atoms with Gasteiger partial charge in [0.25, 0.3) is 0 Å². The minimum Gasteiger partial charge on any atom is -0.356 e. The van der Waals surface area contributed by atoms with Gasteiger partial charge >= 0.3 is 0 Å². The molecule has 1 unspecified atom stereocenters. The quantitative estimate of drug-likeness (QED) is 0.811. The maximum atomic E-state index is 11.5. The zero-order valence-corrected chi connectivity index (χ0v) is 10.9. The number of rotatable bonds is 5. The zero-order valence-electron chi connectivity index (χ0n) is 10.1. The van der Waals surface area contributed by atoms with Crippen LogP contribution in [0.1, 0.15) is 32.2 Å². The van der Waals surface area contributed by atoms with Gasteiger partial charge in [-0.3, -0.25) is 0 Å². The van der Waals surface area contributed by atoms with Crippen LogP contribution in [0.3, 0.4) is 0 Å². The summed E-state index contributed by atoms with van der Waals surface area (Å²) in [6.45, 7) is 3.02. The lowest BCUT2D eigenvalue weighted by atomic mass is 10.2. The van der Waals surface area contributed by atoms with Crippen LogP contribution >= 0.6 is 0 Å². The van der Waals surface area contributed by atoms with Gasteiger partial charge in [-0.1, -0.05) is 13.3 Å². The van der Waals surface area contributed by atoms with Crippen LogP contribution in [0.5, 0.6) is 0 Å².